The van der Waals surface area contributed by atoms with E-state index < -0.39 is 11.5 Å². The quantitative estimate of drug-likeness (QED) is 0.481. The van der Waals surface area contributed by atoms with E-state index in [1.165, 1.54) is 33.4 Å². The van der Waals surface area contributed by atoms with Crippen molar-refractivity contribution in [1.82, 2.24) is 18.7 Å². The van der Waals surface area contributed by atoms with E-state index in [9.17, 15) is 14.0 Å². The molecule has 2 aromatic heterocycles. The van der Waals surface area contributed by atoms with Crippen molar-refractivity contribution in [2.75, 3.05) is 7.11 Å². The lowest BCUT2D eigenvalue weighted by molar-refractivity contribution is 0.408. The highest BCUT2D eigenvalue weighted by atomic mass is 19.1. The van der Waals surface area contributed by atoms with Gasteiger partial charge in [0.2, 0.25) is 0 Å². The van der Waals surface area contributed by atoms with Crippen LogP contribution in [0, 0.1) is 11.7 Å². The van der Waals surface area contributed by atoms with Gasteiger partial charge >= 0.3 is 5.69 Å². The topological polar surface area (TPSA) is 71.1 Å². The van der Waals surface area contributed by atoms with Crippen molar-refractivity contribution in [3.05, 3.63) is 87.1 Å². The number of methoxy groups -OCH3 is 1. The Kier molecular flexibility index (Phi) is 4.69. The zero-order valence-electron chi connectivity index (χ0n) is 17.0. The van der Waals surface area contributed by atoms with E-state index in [0.717, 1.165) is 18.4 Å². The molecule has 2 heterocycles. The van der Waals surface area contributed by atoms with Crippen LogP contribution in [0.15, 0.2) is 64.4 Å². The van der Waals surface area contributed by atoms with E-state index in [2.05, 4.69) is 4.98 Å². The van der Waals surface area contributed by atoms with Gasteiger partial charge in [0.05, 0.1) is 25.7 Å². The van der Waals surface area contributed by atoms with Crippen LogP contribution in [0.1, 0.15) is 18.4 Å². The first-order chi connectivity index (χ1) is 15.1. The lowest BCUT2D eigenvalue weighted by Gasteiger charge is -2.13. The summed E-state index contributed by atoms with van der Waals surface area (Å²) in [4.78, 5) is 31.1. The number of para-hydroxylation sites is 1. The maximum Gasteiger partial charge on any atom is 0.337 e. The zero-order valence-corrected chi connectivity index (χ0v) is 17.0. The van der Waals surface area contributed by atoms with Crippen molar-refractivity contribution in [2.24, 2.45) is 5.92 Å². The largest absolute Gasteiger partial charge is 0.496 e. The molecule has 0 radical (unpaired) electrons. The molecule has 8 heteroatoms. The predicted molar refractivity (Wildman–Crippen MR) is 114 cm³/mol. The van der Waals surface area contributed by atoms with Crippen molar-refractivity contribution in [3.8, 4) is 11.4 Å². The first-order valence-corrected chi connectivity index (χ1v) is 10.2. The fourth-order valence-corrected chi connectivity index (χ4v) is 3.86. The number of hydrogen-bond donors (Lipinski definition) is 0. The molecule has 4 aromatic rings. The number of fused-ring (bicyclic) bond motifs is 1. The Balaban J connectivity index is 1.74. The first kappa shape index (κ1) is 19.3. The van der Waals surface area contributed by atoms with Crippen molar-refractivity contribution < 1.29 is 9.13 Å². The zero-order chi connectivity index (χ0) is 21.5. The van der Waals surface area contributed by atoms with E-state index in [1.807, 2.05) is 24.3 Å². The Bertz CT molecular complexity index is 1380. The second-order valence-electron chi connectivity index (χ2n) is 7.81. The minimum Gasteiger partial charge on any atom is -0.496 e. The van der Waals surface area contributed by atoms with Crippen LogP contribution in [0.25, 0.3) is 16.9 Å². The molecule has 0 amide bonds. The summed E-state index contributed by atoms with van der Waals surface area (Å²) in [7, 11) is 1.60. The van der Waals surface area contributed by atoms with Crippen LogP contribution in [0.3, 0.4) is 0 Å². The Morgan fingerprint density at radius 1 is 1.10 bits per heavy atom. The smallest absolute Gasteiger partial charge is 0.337 e. The number of hydrogen-bond acceptors (Lipinski definition) is 4. The molecule has 1 aliphatic rings. The third kappa shape index (κ3) is 3.43. The molecule has 0 spiro atoms. The van der Waals surface area contributed by atoms with Crippen LogP contribution in [0.2, 0.25) is 0 Å². The second kappa shape index (κ2) is 7.54. The van der Waals surface area contributed by atoms with Crippen LogP contribution in [0.5, 0.6) is 5.75 Å². The molecule has 5 rings (SSSR count). The van der Waals surface area contributed by atoms with E-state index in [0.29, 0.717) is 36.0 Å². The fraction of sp³-hybridized carbons (Fsp3) is 0.261. The highest BCUT2D eigenvalue weighted by Gasteiger charge is 2.26. The van der Waals surface area contributed by atoms with E-state index >= 15 is 0 Å². The average Bonchev–Trinajstić information content (AvgIpc) is 3.51. The van der Waals surface area contributed by atoms with Crippen molar-refractivity contribution in [3.63, 3.8) is 0 Å². The van der Waals surface area contributed by atoms with Gasteiger partial charge in [-0.05, 0) is 49.1 Å². The summed E-state index contributed by atoms with van der Waals surface area (Å²) in [6.45, 7) is 0.732. The van der Waals surface area contributed by atoms with Gasteiger partial charge in [0, 0.05) is 12.1 Å². The van der Waals surface area contributed by atoms with Crippen molar-refractivity contribution in [2.45, 2.75) is 25.9 Å². The summed E-state index contributed by atoms with van der Waals surface area (Å²) in [6.07, 6.45) is 3.56. The molecule has 2 aromatic carbocycles. The summed E-state index contributed by atoms with van der Waals surface area (Å²) in [5.41, 5.74) is 1.11. The molecule has 0 bridgehead atoms. The lowest BCUT2D eigenvalue weighted by atomic mass is 10.2. The van der Waals surface area contributed by atoms with Crippen molar-refractivity contribution >= 4 is 11.2 Å². The Hall–Kier alpha value is -3.68. The number of halogens is 1. The monoisotopic (exact) mass is 420 g/mol. The first-order valence-electron chi connectivity index (χ1n) is 10.2. The minimum atomic E-state index is -0.460. The maximum atomic E-state index is 13.5. The van der Waals surface area contributed by atoms with E-state index in [1.54, 1.807) is 18.0 Å². The Morgan fingerprint density at radius 3 is 2.55 bits per heavy atom. The highest BCUT2D eigenvalue weighted by Crippen LogP contribution is 2.30. The SMILES string of the molecule is COc1ccccc1Cn1cnc2c1c(=O)n(CC1CC1)c(=O)n2-c1ccc(F)cc1. The molecule has 1 fully saturated rings. The summed E-state index contributed by atoms with van der Waals surface area (Å²) >= 11 is 0. The van der Waals surface area contributed by atoms with Crippen LogP contribution in [-0.4, -0.2) is 25.8 Å². The van der Waals surface area contributed by atoms with Crippen LogP contribution in [-0.2, 0) is 13.1 Å². The second-order valence-corrected chi connectivity index (χ2v) is 7.81. The van der Waals surface area contributed by atoms with Crippen molar-refractivity contribution in [1.29, 1.82) is 0 Å². The van der Waals surface area contributed by atoms with Gasteiger partial charge in [0.25, 0.3) is 5.56 Å². The van der Waals surface area contributed by atoms with E-state index in [-0.39, 0.29) is 11.2 Å². The van der Waals surface area contributed by atoms with Gasteiger partial charge in [0.1, 0.15) is 11.6 Å². The molecule has 1 aliphatic carbocycles. The third-order valence-corrected chi connectivity index (χ3v) is 5.66. The van der Waals surface area contributed by atoms with Crippen LogP contribution >= 0.6 is 0 Å². The number of benzene rings is 2. The normalized spacial score (nSPS) is 13.6. The van der Waals surface area contributed by atoms with Crippen LogP contribution in [0.4, 0.5) is 4.39 Å². The molecule has 0 N–H and O–H groups in total. The molecule has 1 saturated carbocycles. The number of rotatable bonds is 6. The minimum absolute atomic E-state index is 0.253. The molecule has 0 saturated heterocycles. The van der Waals surface area contributed by atoms with E-state index in [4.69, 9.17) is 4.74 Å². The molecule has 7 nitrogen and oxygen atoms in total. The van der Waals surface area contributed by atoms with Gasteiger partial charge < -0.3 is 9.30 Å². The lowest BCUT2D eigenvalue weighted by Crippen LogP contribution is -2.40. The average molecular weight is 420 g/mol. The standard InChI is InChI=1S/C23H21FN4O3/c1-31-19-5-3-2-4-16(19)13-26-14-25-21-20(26)22(29)27(12-15-6-7-15)23(30)28(21)18-10-8-17(24)9-11-18/h2-5,8-11,14-15H,6-7,12-13H2,1H3. The van der Waals surface area contributed by atoms with Gasteiger partial charge in [-0.2, -0.15) is 0 Å². The molecular formula is C23H21FN4O3. The molecule has 0 unspecified atom stereocenters. The van der Waals surface area contributed by atoms with Gasteiger partial charge in [-0.15, -0.1) is 0 Å². The van der Waals surface area contributed by atoms with Crippen LogP contribution < -0.4 is 16.0 Å². The summed E-state index contributed by atoms with van der Waals surface area (Å²) < 4.78 is 23.3. The molecule has 0 aliphatic heterocycles. The summed E-state index contributed by atoms with van der Waals surface area (Å²) in [6, 6.07) is 13.2. The Morgan fingerprint density at radius 2 is 1.84 bits per heavy atom. The van der Waals surface area contributed by atoms with Gasteiger partial charge in [-0.25, -0.2) is 18.7 Å². The molecule has 0 atom stereocenters. The fourth-order valence-electron chi connectivity index (χ4n) is 3.86. The van der Waals surface area contributed by atoms with Gasteiger partial charge in [-0.3, -0.25) is 9.36 Å². The van der Waals surface area contributed by atoms with Gasteiger partial charge in [0.15, 0.2) is 11.2 Å². The highest BCUT2D eigenvalue weighted by molar-refractivity contribution is 5.72. The maximum absolute atomic E-state index is 13.5. The summed E-state index contributed by atoms with van der Waals surface area (Å²) in [5, 5.41) is 0. The molecular weight excluding hydrogens is 399 g/mol. The number of imidazole rings is 1. The third-order valence-electron chi connectivity index (χ3n) is 5.66. The Labute approximate surface area is 177 Å². The number of nitrogens with zero attached hydrogens (tertiary/aromatic N) is 4. The predicted octanol–water partition coefficient (Wildman–Crippen LogP) is 2.95. The summed E-state index contributed by atoms with van der Waals surface area (Å²) in [5.74, 6) is 0.630. The number of aromatic nitrogens is 4. The molecule has 158 valence electrons. The molecule has 31 heavy (non-hydrogen) atoms. The number of ether oxygens (including phenoxy) is 1. The van der Waals surface area contributed by atoms with Gasteiger partial charge in [-0.1, -0.05) is 18.2 Å².